The van der Waals surface area contributed by atoms with E-state index < -0.39 is 0 Å². The van der Waals surface area contributed by atoms with Gasteiger partial charge in [0.1, 0.15) is 0 Å². The third-order valence-electron chi connectivity index (χ3n) is 3.70. The van der Waals surface area contributed by atoms with Crippen molar-refractivity contribution in [1.82, 2.24) is 0 Å². The summed E-state index contributed by atoms with van der Waals surface area (Å²) in [5.74, 6) is -0.363. The molecular weight excluding hydrogens is 224 g/mol. The van der Waals surface area contributed by atoms with E-state index in [-0.39, 0.29) is 11.8 Å². The largest absolute Gasteiger partial charge is 0.369 e. The highest BCUT2D eigenvalue weighted by Crippen LogP contribution is 2.14. The smallest absolute Gasteiger partial charge is 0.225 e. The van der Waals surface area contributed by atoms with E-state index in [0.29, 0.717) is 0 Å². The van der Waals surface area contributed by atoms with Crippen LogP contribution < -0.4 is 5.73 Å². The second-order valence-electron chi connectivity index (χ2n) is 5.39. The van der Waals surface area contributed by atoms with Gasteiger partial charge in [-0.1, -0.05) is 57.8 Å². The quantitative estimate of drug-likeness (QED) is 0.763. The van der Waals surface area contributed by atoms with E-state index in [1.54, 1.807) is 6.21 Å². The van der Waals surface area contributed by atoms with Crippen LogP contribution in [0.3, 0.4) is 0 Å². The van der Waals surface area contributed by atoms with E-state index in [1.165, 1.54) is 51.4 Å². The van der Waals surface area contributed by atoms with Gasteiger partial charge >= 0.3 is 0 Å². The van der Waals surface area contributed by atoms with Gasteiger partial charge in [-0.25, -0.2) is 0 Å². The second kappa shape index (κ2) is 10.1. The topological polar surface area (TPSA) is 55.5 Å². The molecule has 3 heteroatoms. The fourth-order valence-electron chi connectivity index (χ4n) is 2.47. The number of rotatable bonds is 1. The van der Waals surface area contributed by atoms with Crippen LogP contribution in [0.1, 0.15) is 70.6 Å². The fraction of sp³-hybridized carbons (Fsp3) is 0.867. The number of primary amides is 1. The van der Waals surface area contributed by atoms with Crippen molar-refractivity contribution in [3.8, 4) is 0 Å². The van der Waals surface area contributed by atoms with Crippen LogP contribution in [0, 0.1) is 5.92 Å². The van der Waals surface area contributed by atoms with E-state index in [4.69, 9.17) is 5.73 Å². The minimum absolute atomic E-state index is 0.143. The van der Waals surface area contributed by atoms with E-state index in [9.17, 15) is 4.79 Å². The molecule has 3 nitrogen and oxygen atoms in total. The SMILES string of the molecule is NC(=O)C1C=NCCCCCCCCCCCC1. The van der Waals surface area contributed by atoms with Crippen LogP contribution in [0.5, 0.6) is 0 Å². The number of carbonyl (C=O) groups excluding carboxylic acids is 1. The standard InChI is InChI=1S/C15H28N2O/c16-15(18)14-11-9-7-5-3-1-2-4-6-8-10-12-17-13-14/h13-14H,1-12H2,(H2,16,18). The van der Waals surface area contributed by atoms with Gasteiger partial charge in [-0.15, -0.1) is 0 Å². The molecule has 1 rings (SSSR count). The van der Waals surface area contributed by atoms with Gasteiger partial charge in [0.25, 0.3) is 0 Å². The van der Waals surface area contributed by atoms with Crippen molar-refractivity contribution in [2.24, 2.45) is 16.6 Å². The molecule has 0 aromatic carbocycles. The first-order valence-corrected chi connectivity index (χ1v) is 7.60. The highest BCUT2D eigenvalue weighted by Gasteiger charge is 2.11. The number of hydrogen-bond donors (Lipinski definition) is 1. The van der Waals surface area contributed by atoms with Crippen molar-refractivity contribution in [2.75, 3.05) is 6.54 Å². The zero-order valence-corrected chi connectivity index (χ0v) is 11.6. The van der Waals surface area contributed by atoms with Crippen molar-refractivity contribution in [3.63, 3.8) is 0 Å². The first-order chi connectivity index (χ1) is 8.80. The van der Waals surface area contributed by atoms with Crippen molar-refractivity contribution < 1.29 is 4.79 Å². The Hall–Kier alpha value is -0.860. The van der Waals surface area contributed by atoms with Gasteiger partial charge in [0.15, 0.2) is 0 Å². The fourth-order valence-corrected chi connectivity index (χ4v) is 2.47. The number of aliphatic imine (C=N–C) groups is 1. The summed E-state index contributed by atoms with van der Waals surface area (Å²) in [6.07, 6.45) is 15.5. The lowest BCUT2D eigenvalue weighted by Gasteiger charge is -2.07. The summed E-state index contributed by atoms with van der Waals surface area (Å²) in [6, 6.07) is 0. The van der Waals surface area contributed by atoms with Gasteiger partial charge < -0.3 is 5.73 Å². The van der Waals surface area contributed by atoms with Crippen molar-refractivity contribution in [3.05, 3.63) is 0 Å². The Bertz CT molecular complexity index is 251. The van der Waals surface area contributed by atoms with E-state index in [1.807, 2.05) is 0 Å². The number of carbonyl (C=O) groups is 1. The van der Waals surface area contributed by atoms with Crippen LogP contribution in [0.15, 0.2) is 4.99 Å². The van der Waals surface area contributed by atoms with Gasteiger partial charge in [-0.2, -0.15) is 0 Å². The summed E-state index contributed by atoms with van der Waals surface area (Å²) in [4.78, 5) is 15.6. The van der Waals surface area contributed by atoms with Crippen LogP contribution in [0.25, 0.3) is 0 Å². The lowest BCUT2D eigenvalue weighted by atomic mass is 10.0. The average molecular weight is 252 g/mol. The molecule has 18 heavy (non-hydrogen) atoms. The number of nitrogens with two attached hydrogens (primary N) is 1. The summed E-state index contributed by atoms with van der Waals surface area (Å²) in [6.45, 7) is 0.851. The summed E-state index contributed by atoms with van der Waals surface area (Å²) in [7, 11) is 0. The molecule has 0 saturated heterocycles. The predicted octanol–water partition coefficient (Wildman–Crippen LogP) is 3.46. The Morgan fingerprint density at radius 3 is 1.94 bits per heavy atom. The molecule has 1 aliphatic rings. The normalized spacial score (nSPS) is 25.0. The van der Waals surface area contributed by atoms with Crippen LogP contribution in [0.4, 0.5) is 0 Å². The Morgan fingerprint density at radius 2 is 1.39 bits per heavy atom. The molecule has 1 unspecified atom stereocenters. The van der Waals surface area contributed by atoms with Gasteiger partial charge in [-0.3, -0.25) is 9.79 Å². The third kappa shape index (κ3) is 7.46. The Kier molecular flexibility index (Phi) is 8.53. The highest BCUT2D eigenvalue weighted by molar-refractivity contribution is 5.92. The molecule has 0 aromatic rings. The monoisotopic (exact) mass is 252 g/mol. The zero-order chi connectivity index (χ0) is 13.1. The van der Waals surface area contributed by atoms with Gasteiger partial charge in [0, 0.05) is 12.8 Å². The molecule has 104 valence electrons. The van der Waals surface area contributed by atoms with E-state index in [2.05, 4.69) is 4.99 Å². The maximum atomic E-state index is 11.3. The summed E-state index contributed by atoms with van der Waals surface area (Å²) in [5, 5.41) is 0. The molecule has 0 bridgehead atoms. The third-order valence-corrected chi connectivity index (χ3v) is 3.70. The summed E-state index contributed by atoms with van der Waals surface area (Å²) in [5.41, 5.74) is 5.40. The lowest BCUT2D eigenvalue weighted by Crippen LogP contribution is -2.24. The zero-order valence-electron chi connectivity index (χ0n) is 11.6. The molecule has 0 saturated carbocycles. The van der Waals surface area contributed by atoms with Crippen molar-refractivity contribution in [2.45, 2.75) is 70.6 Å². The van der Waals surface area contributed by atoms with E-state index in [0.717, 1.165) is 25.8 Å². The van der Waals surface area contributed by atoms with Crippen LogP contribution in [0.2, 0.25) is 0 Å². The summed E-state index contributed by atoms with van der Waals surface area (Å²) >= 11 is 0. The van der Waals surface area contributed by atoms with Crippen molar-refractivity contribution >= 4 is 12.1 Å². The molecule has 0 aliphatic carbocycles. The molecular formula is C15H28N2O. The average Bonchev–Trinajstić information content (AvgIpc) is 2.36. The molecule has 0 spiro atoms. The Labute approximate surface area is 111 Å². The summed E-state index contributed by atoms with van der Waals surface area (Å²) < 4.78 is 0. The van der Waals surface area contributed by atoms with Crippen molar-refractivity contribution in [1.29, 1.82) is 0 Å². The maximum Gasteiger partial charge on any atom is 0.225 e. The first-order valence-electron chi connectivity index (χ1n) is 7.60. The molecule has 1 amide bonds. The van der Waals surface area contributed by atoms with Gasteiger partial charge in [0.05, 0.1) is 5.92 Å². The molecule has 1 heterocycles. The van der Waals surface area contributed by atoms with Crippen LogP contribution in [-0.4, -0.2) is 18.7 Å². The van der Waals surface area contributed by atoms with E-state index >= 15 is 0 Å². The molecule has 2 N–H and O–H groups in total. The van der Waals surface area contributed by atoms with Crippen LogP contribution in [-0.2, 0) is 4.79 Å². The lowest BCUT2D eigenvalue weighted by molar-refractivity contribution is -0.119. The van der Waals surface area contributed by atoms with Crippen LogP contribution >= 0.6 is 0 Å². The predicted molar refractivity (Wildman–Crippen MR) is 76.8 cm³/mol. The number of nitrogens with zero attached hydrogens (tertiary/aromatic N) is 1. The number of amides is 1. The minimum Gasteiger partial charge on any atom is -0.369 e. The maximum absolute atomic E-state index is 11.3. The second-order valence-corrected chi connectivity index (χ2v) is 5.39. The number of hydrogen-bond acceptors (Lipinski definition) is 2. The first kappa shape index (κ1) is 15.2. The van der Waals surface area contributed by atoms with Gasteiger partial charge in [-0.05, 0) is 12.8 Å². The molecule has 0 radical (unpaired) electrons. The van der Waals surface area contributed by atoms with Gasteiger partial charge in [0.2, 0.25) is 5.91 Å². The molecule has 0 aromatic heterocycles. The molecule has 0 fully saturated rings. The molecule has 1 aliphatic heterocycles. The minimum atomic E-state index is -0.219. The Morgan fingerprint density at radius 1 is 0.889 bits per heavy atom. The Balaban J connectivity index is 2.35. The molecule has 1 atom stereocenters. The highest BCUT2D eigenvalue weighted by atomic mass is 16.1.